The van der Waals surface area contributed by atoms with Crippen molar-refractivity contribution in [2.75, 3.05) is 31.1 Å². The summed E-state index contributed by atoms with van der Waals surface area (Å²) in [6.45, 7) is 6.12. The van der Waals surface area contributed by atoms with Gasteiger partial charge in [-0.3, -0.25) is 10.1 Å². The van der Waals surface area contributed by atoms with Crippen molar-refractivity contribution in [3.8, 4) is 0 Å². The average Bonchev–Trinajstić information content (AvgIpc) is 2.64. The van der Waals surface area contributed by atoms with Crippen LogP contribution in [0, 0.1) is 24.0 Å². The number of rotatable bonds is 4. The summed E-state index contributed by atoms with van der Waals surface area (Å²) in [5, 5.41) is 10.7. The average molecular weight is 375 g/mol. The number of sulfonamides is 1. The Morgan fingerprint density at radius 2 is 1.58 bits per heavy atom. The van der Waals surface area contributed by atoms with Crippen molar-refractivity contribution < 1.29 is 13.3 Å². The Balaban J connectivity index is 1.74. The number of hydrogen-bond donors (Lipinski definition) is 0. The maximum absolute atomic E-state index is 12.8. The van der Waals surface area contributed by atoms with Gasteiger partial charge in [-0.25, -0.2) is 8.42 Å². The lowest BCUT2D eigenvalue weighted by atomic mass is 10.1. The molecule has 1 aliphatic heterocycles. The van der Waals surface area contributed by atoms with Gasteiger partial charge in [0.05, 0.1) is 9.82 Å². The van der Waals surface area contributed by atoms with E-state index < -0.39 is 14.9 Å². The normalized spacial score (nSPS) is 15.8. The van der Waals surface area contributed by atoms with Crippen LogP contribution in [0.5, 0.6) is 0 Å². The maximum atomic E-state index is 12.8. The Kier molecular flexibility index (Phi) is 4.97. The van der Waals surface area contributed by atoms with E-state index in [1.54, 1.807) is 0 Å². The van der Waals surface area contributed by atoms with Crippen LogP contribution in [0.1, 0.15) is 11.1 Å². The van der Waals surface area contributed by atoms with Crippen LogP contribution < -0.4 is 4.90 Å². The number of non-ortho nitro benzene ring substituents is 1. The minimum Gasteiger partial charge on any atom is -0.369 e. The van der Waals surface area contributed by atoms with Gasteiger partial charge in [0, 0.05) is 44.0 Å². The smallest absolute Gasteiger partial charge is 0.269 e. The molecular weight excluding hydrogens is 354 g/mol. The monoisotopic (exact) mass is 375 g/mol. The third kappa shape index (κ3) is 3.42. The van der Waals surface area contributed by atoms with E-state index in [0.717, 1.165) is 5.69 Å². The van der Waals surface area contributed by atoms with Crippen LogP contribution in [0.25, 0.3) is 0 Å². The van der Waals surface area contributed by atoms with E-state index in [2.05, 4.69) is 30.9 Å². The van der Waals surface area contributed by atoms with E-state index in [0.29, 0.717) is 26.2 Å². The molecule has 1 aliphatic rings. The second-order valence-corrected chi connectivity index (χ2v) is 8.30. The Morgan fingerprint density at radius 1 is 0.962 bits per heavy atom. The predicted molar refractivity (Wildman–Crippen MR) is 100.0 cm³/mol. The van der Waals surface area contributed by atoms with Crippen molar-refractivity contribution in [2.45, 2.75) is 18.7 Å². The van der Waals surface area contributed by atoms with Crippen LogP contribution in [0.15, 0.2) is 47.4 Å². The largest absolute Gasteiger partial charge is 0.369 e. The second kappa shape index (κ2) is 7.05. The molecule has 0 N–H and O–H groups in total. The summed E-state index contributed by atoms with van der Waals surface area (Å²) >= 11 is 0. The molecule has 8 heteroatoms. The lowest BCUT2D eigenvalue weighted by Gasteiger charge is -2.36. The number of hydrogen-bond acceptors (Lipinski definition) is 5. The van der Waals surface area contributed by atoms with E-state index in [1.165, 1.54) is 39.7 Å². The molecule has 0 aliphatic carbocycles. The van der Waals surface area contributed by atoms with Gasteiger partial charge in [-0.15, -0.1) is 0 Å². The number of piperazine rings is 1. The molecular formula is C18H21N3O4S. The topological polar surface area (TPSA) is 83.8 Å². The molecule has 0 spiro atoms. The van der Waals surface area contributed by atoms with Gasteiger partial charge in [-0.05, 0) is 43.2 Å². The zero-order chi connectivity index (χ0) is 18.9. The highest BCUT2D eigenvalue weighted by molar-refractivity contribution is 7.89. The van der Waals surface area contributed by atoms with Crippen molar-refractivity contribution in [3.05, 3.63) is 63.7 Å². The van der Waals surface area contributed by atoms with Gasteiger partial charge in [0.25, 0.3) is 5.69 Å². The van der Waals surface area contributed by atoms with E-state index in [1.807, 2.05) is 6.07 Å². The number of nitro benzene ring substituents is 1. The molecule has 26 heavy (non-hydrogen) atoms. The Morgan fingerprint density at radius 3 is 2.15 bits per heavy atom. The Labute approximate surface area is 153 Å². The Bertz CT molecular complexity index is 918. The summed E-state index contributed by atoms with van der Waals surface area (Å²) in [5.41, 5.74) is 3.43. The minimum atomic E-state index is -3.64. The highest BCUT2D eigenvalue weighted by Gasteiger charge is 2.29. The quantitative estimate of drug-likeness (QED) is 0.606. The molecule has 0 saturated carbocycles. The standard InChI is InChI=1S/C18H21N3O4S/c1-14-4-3-5-18(15(14)2)19-10-12-20(13-11-19)26(24,25)17-8-6-16(7-9-17)21(22)23/h3-9H,10-13H2,1-2H3. The van der Waals surface area contributed by atoms with Gasteiger partial charge in [0.2, 0.25) is 10.0 Å². The van der Waals surface area contributed by atoms with Crippen molar-refractivity contribution >= 4 is 21.4 Å². The molecule has 3 rings (SSSR count). The number of anilines is 1. The molecule has 0 aromatic heterocycles. The molecule has 0 bridgehead atoms. The molecule has 1 fully saturated rings. The molecule has 0 amide bonds. The molecule has 0 atom stereocenters. The van der Waals surface area contributed by atoms with Crippen LogP contribution >= 0.6 is 0 Å². The fourth-order valence-corrected chi connectivity index (χ4v) is 4.56. The van der Waals surface area contributed by atoms with E-state index in [4.69, 9.17) is 0 Å². The number of nitrogens with zero attached hydrogens (tertiary/aromatic N) is 3. The molecule has 1 heterocycles. The van der Waals surface area contributed by atoms with E-state index >= 15 is 0 Å². The zero-order valence-corrected chi connectivity index (χ0v) is 15.6. The first-order valence-electron chi connectivity index (χ1n) is 8.36. The van der Waals surface area contributed by atoms with Gasteiger partial charge in [-0.2, -0.15) is 4.31 Å². The first-order chi connectivity index (χ1) is 12.3. The summed E-state index contributed by atoms with van der Waals surface area (Å²) in [5.74, 6) is 0. The summed E-state index contributed by atoms with van der Waals surface area (Å²) in [4.78, 5) is 12.5. The van der Waals surface area contributed by atoms with Crippen molar-refractivity contribution in [2.24, 2.45) is 0 Å². The van der Waals surface area contributed by atoms with Crippen molar-refractivity contribution in [3.63, 3.8) is 0 Å². The van der Waals surface area contributed by atoms with Crippen LogP contribution in [-0.4, -0.2) is 43.8 Å². The number of aryl methyl sites for hydroxylation is 1. The predicted octanol–water partition coefficient (Wildman–Crippen LogP) is 2.72. The minimum absolute atomic E-state index is 0.0864. The molecule has 0 unspecified atom stereocenters. The van der Waals surface area contributed by atoms with Gasteiger partial charge >= 0.3 is 0 Å². The molecule has 1 saturated heterocycles. The van der Waals surface area contributed by atoms with Crippen molar-refractivity contribution in [1.29, 1.82) is 0 Å². The summed E-state index contributed by atoms with van der Waals surface area (Å²) in [7, 11) is -3.64. The first-order valence-corrected chi connectivity index (χ1v) is 9.80. The third-order valence-electron chi connectivity index (χ3n) is 4.84. The first kappa shape index (κ1) is 18.3. The number of benzene rings is 2. The Hall–Kier alpha value is -2.45. The summed E-state index contributed by atoms with van der Waals surface area (Å²) in [6.07, 6.45) is 0. The van der Waals surface area contributed by atoms with Gasteiger partial charge in [0.15, 0.2) is 0 Å². The summed E-state index contributed by atoms with van der Waals surface area (Å²) < 4.78 is 27.0. The molecule has 2 aromatic rings. The maximum Gasteiger partial charge on any atom is 0.269 e. The molecule has 2 aromatic carbocycles. The van der Waals surface area contributed by atoms with Crippen molar-refractivity contribution in [1.82, 2.24) is 4.31 Å². The van der Waals surface area contributed by atoms with Crippen LogP contribution in [-0.2, 0) is 10.0 Å². The molecule has 0 radical (unpaired) electrons. The van der Waals surface area contributed by atoms with Gasteiger partial charge in [0.1, 0.15) is 0 Å². The zero-order valence-electron chi connectivity index (χ0n) is 14.8. The highest BCUT2D eigenvalue weighted by Crippen LogP contribution is 2.26. The summed E-state index contributed by atoms with van der Waals surface area (Å²) in [6, 6.07) is 11.2. The van der Waals surface area contributed by atoms with Crippen LogP contribution in [0.3, 0.4) is 0 Å². The molecule has 138 valence electrons. The second-order valence-electron chi connectivity index (χ2n) is 6.36. The van der Waals surface area contributed by atoms with Gasteiger partial charge in [-0.1, -0.05) is 12.1 Å². The fraction of sp³-hybridized carbons (Fsp3) is 0.333. The SMILES string of the molecule is Cc1cccc(N2CCN(S(=O)(=O)c3ccc([N+](=O)[O-])cc3)CC2)c1C. The number of nitro groups is 1. The highest BCUT2D eigenvalue weighted by atomic mass is 32.2. The fourth-order valence-electron chi connectivity index (χ4n) is 3.14. The third-order valence-corrected chi connectivity index (χ3v) is 6.75. The molecule has 7 nitrogen and oxygen atoms in total. The van der Waals surface area contributed by atoms with Crippen LogP contribution in [0.2, 0.25) is 0 Å². The lowest BCUT2D eigenvalue weighted by molar-refractivity contribution is -0.384. The van der Waals surface area contributed by atoms with E-state index in [9.17, 15) is 18.5 Å². The van der Waals surface area contributed by atoms with Crippen LogP contribution in [0.4, 0.5) is 11.4 Å². The lowest BCUT2D eigenvalue weighted by Crippen LogP contribution is -2.48. The van der Waals surface area contributed by atoms with E-state index in [-0.39, 0.29) is 10.6 Å². The van der Waals surface area contributed by atoms with Gasteiger partial charge < -0.3 is 4.90 Å².